The third-order valence-corrected chi connectivity index (χ3v) is 3.88. The Morgan fingerprint density at radius 3 is 2.63 bits per heavy atom. The SMILES string of the molecule is COc1cc(CO)ccc1OCc1nc(C)c(C)s1. The van der Waals surface area contributed by atoms with Crippen molar-refractivity contribution in [3.05, 3.63) is 39.3 Å². The van der Waals surface area contributed by atoms with E-state index in [4.69, 9.17) is 14.6 Å². The van der Waals surface area contributed by atoms with Gasteiger partial charge in [0.25, 0.3) is 0 Å². The van der Waals surface area contributed by atoms with Crippen molar-refractivity contribution in [3.63, 3.8) is 0 Å². The minimum Gasteiger partial charge on any atom is -0.493 e. The summed E-state index contributed by atoms with van der Waals surface area (Å²) in [5.41, 5.74) is 1.84. The van der Waals surface area contributed by atoms with Gasteiger partial charge >= 0.3 is 0 Å². The molecule has 0 spiro atoms. The van der Waals surface area contributed by atoms with Crippen molar-refractivity contribution in [1.82, 2.24) is 4.98 Å². The lowest BCUT2D eigenvalue weighted by molar-refractivity contribution is 0.274. The monoisotopic (exact) mass is 279 g/mol. The van der Waals surface area contributed by atoms with Gasteiger partial charge in [-0.25, -0.2) is 4.98 Å². The van der Waals surface area contributed by atoms with Crippen LogP contribution in [0, 0.1) is 13.8 Å². The van der Waals surface area contributed by atoms with E-state index in [2.05, 4.69) is 4.98 Å². The number of benzene rings is 1. The first-order valence-corrected chi connectivity index (χ1v) is 6.79. The van der Waals surface area contributed by atoms with Crippen LogP contribution in [0.15, 0.2) is 18.2 Å². The highest BCUT2D eigenvalue weighted by Crippen LogP contribution is 2.29. The average molecular weight is 279 g/mol. The van der Waals surface area contributed by atoms with Crippen molar-refractivity contribution in [2.45, 2.75) is 27.1 Å². The van der Waals surface area contributed by atoms with Gasteiger partial charge in [0, 0.05) is 4.88 Å². The van der Waals surface area contributed by atoms with Crippen molar-refractivity contribution in [2.75, 3.05) is 7.11 Å². The van der Waals surface area contributed by atoms with E-state index in [1.54, 1.807) is 30.6 Å². The molecule has 2 aromatic rings. The molecule has 0 unspecified atom stereocenters. The first-order valence-electron chi connectivity index (χ1n) is 5.97. The Kier molecular flexibility index (Phi) is 4.39. The number of hydrogen-bond donors (Lipinski definition) is 1. The Morgan fingerprint density at radius 1 is 1.26 bits per heavy atom. The summed E-state index contributed by atoms with van der Waals surface area (Å²) in [5.74, 6) is 1.28. The van der Waals surface area contributed by atoms with Crippen molar-refractivity contribution >= 4 is 11.3 Å². The summed E-state index contributed by atoms with van der Waals surface area (Å²) in [5, 5.41) is 10.0. The second-order valence-electron chi connectivity index (χ2n) is 4.18. The normalized spacial score (nSPS) is 10.5. The van der Waals surface area contributed by atoms with E-state index in [1.165, 1.54) is 4.88 Å². The number of aliphatic hydroxyl groups is 1. The second-order valence-corrected chi connectivity index (χ2v) is 5.47. The molecule has 1 N–H and O–H groups in total. The number of aryl methyl sites for hydroxylation is 2. The number of hydrogen-bond acceptors (Lipinski definition) is 5. The molecule has 2 rings (SSSR count). The fraction of sp³-hybridized carbons (Fsp3) is 0.357. The lowest BCUT2D eigenvalue weighted by atomic mass is 10.2. The molecule has 0 aliphatic rings. The summed E-state index contributed by atoms with van der Waals surface area (Å²) in [7, 11) is 1.58. The van der Waals surface area contributed by atoms with E-state index in [9.17, 15) is 0 Å². The molecule has 0 saturated carbocycles. The van der Waals surface area contributed by atoms with E-state index in [1.807, 2.05) is 19.9 Å². The summed E-state index contributed by atoms with van der Waals surface area (Å²) < 4.78 is 11.0. The Labute approximate surface area is 116 Å². The quantitative estimate of drug-likeness (QED) is 0.914. The van der Waals surface area contributed by atoms with E-state index in [-0.39, 0.29) is 6.61 Å². The molecule has 5 heteroatoms. The largest absolute Gasteiger partial charge is 0.493 e. The van der Waals surface area contributed by atoms with E-state index in [0.717, 1.165) is 16.3 Å². The molecule has 0 aliphatic carbocycles. The standard InChI is InChI=1S/C14H17NO3S/c1-9-10(2)19-14(15-9)8-18-12-5-4-11(7-16)6-13(12)17-3/h4-6,16H,7-8H2,1-3H3. The van der Waals surface area contributed by atoms with Gasteiger partial charge in [-0.05, 0) is 31.5 Å². The average Bonchev–Trinajstić information content (AvgIpc) is 2.75. The molecule has 102 valence electrons. The van der Waals surface area contributed by atoms with Crippen LogP contribution < -0.4 is 9.47 Å². The number of aromatic nitrogens is 1. The Bertz CT molecular complexity index is 546. The molecule has 0 fully saturated rings. The van der Waals surface area contributed by atoms with Crippen LogP contribution in [0.2, 0.25) is 0 Å². The fourth-order valence-corrected chi connectivity index (χ4v) is 2.52. The zero-order chi connectivity index (χ0) is 13.8. The zero-order valence-corrected chi connectivity index (χ0v) is 12.1. The van der Waals surface area contributed by atoms with Crippen LogP contribution in [0.5, 0.6) is 11.5 Å². The Hall–Kier alpha value is -1.59. The summed E-state index contributed by atoms with van der Waals surface area (Å²) in [6.45, 7) is 4.45. The number of nitrogens with zero attached hydrogens (tertiary/aromatic N) is 1. The van der Waals surface area contributed by atoms with E-state index >= 15 is 0 Å². The van der Waals surface area contributed by atoms with Gasteiger partial charge in [0.05, 0.1) is 19.4 Å². The van der Waals surface area contributed by atoms with Gasteiger partial charge in [-0.1, -0.05) is 6.07 Å². The molecule has 0 aliphatic heterocycles. The minimum atomic E-state index is -0.0124. The van der Waals surface area contributed by atoms with Crippen LogP contribution in [-0.4, -0.2) is 17.2 Å². The molecular formula is C14H17NO3S. The maximum Gasteiger partial charge on any atom is 0.161 e. The van der Waals surface area contributed by atoms with Gasteiger partial charge in [-0.15, -0.1) is 11.3 Å². The number of rotatable bonds is 5. The molecule has 0 amide bonds. The van der Waals surface area contributed by atoms with Crippen molar-refractivity contribution in [2.24, 2.45) is 0 Å². The lowest BCUT2D eigenvalue weighted by Crippen LogP contribution is -1.98. The van der Waals surface area contributed by atoms with Crippen LogP contribution in [0.1, 0.15) is 21.1 Å². The van der Waals surface area contributed by atoms with Gasteiger partial charge in [0.1, 0.15) is 11.6 Å². The summed E-state index contributed by atoms with van der Waals surface area (Å²) in [6.07, 6.45) is 0. The maximum absolute atomic E-state index is 9.08. The fourth-order valence-electron chi connectivity index (χ4n) is 1.67. The molecule has 1 aromatic carbocycles. The molecule has 0 radical (unpaired) electrons. The highest BCUT2D eigenvalue weighted by molar-refractivity contribution is 7.11. The molecule has 4 nitrogen and oxygen atoms in total. The number of methoxy groups -OCH3 is 1. The molecule has 0 bridgehead atoms. The first kappa shape index (κ1) is 13.8. The minimum absolute atomic E-state index is 0.0124. The third-order valence-electron chi connectivity index (χ3n) is 2.83. The van der Waals surface area contributed by atoms with Gasteiger partial charge in [-0.3, -0.25) is 0 Å². The highest BCUT2D eigenvalue weighted by Gasteiger charge is 2.08. The van der Waals surface area contributed by atoms with Crippen molar-refractivity contribution < 1.29 is 14.6 Å². The van der Waals surface area contributed by atoms with Gasteiger partial charge in [0.2, 0.25) is 0 Å². The third kappa shape index (κ3) is 3.24. The summed E-state index contributed by atoms with van der Waals surface area (Å²) in [4.78, 5) is 5.64. The predicted octanol–water partition coefficient (Wildman–Crippen LogP) is 2.84. The lowest BCUT2D eigenvalue weighted by Gasteiger charge is -2.10. The van der Waals surface area contributed by atoms with Crippen LogP contribution in [-0.2, 0) is 13.2 Å². The van der Waals surface area contributed by atoms with Crippen molar-refractivity contribution in [1.29, 1.82) is 0 Å². The van der Waals surface area contributed by atoms with Gasteiger partial charge in [-0.2, -0.15) is 0 Å². The van der Waals surface area contributed by atoms with E-state index in [0.29, 0.717) is 18.1 Å². The Balaban J connectivity index is 2.10. The molecule has 19 heavy (non-hydrogen) atoms. The van der Waals surface area contributed by atoms with Crippen LogP contribution in [0.25, 0.3) is 0 Å². The number of ether oxygens (including phenoxy) is 2. The summed E-state index contributed by atoms with van der Waals surface area (Å²) >= 11 is 1.64. The highest BCUT2D eigenvalue weighted by atomic mass is 32.1. The van der Waals surface area contributed by atoms with Crippen LogP contribution in [0.3, 0.4) is 0 Å². The maximum atomic E-state index is 9.08. The second kappa shape index (κ2) is 6.04. The Morgan fingerprint density at radius 2 is 2.05 bits per heavy atom. The number of thiazole rings is 1. The van der Waals surface area contributed by atoms with Gasteiger partial charge in [0.15, 0.2) is 11.5 Å². The molecule has 1 heterocycles. The molecule has 0 saturated heterocycles. The zero-order valence-electron chi connectivity index (χ0n) is 11.3. The first-order chi connectivity index (χ1) is 9.13. The van der Waals surface area contributed by atoms with Gasteiger partial charge < -0.3 is 14.6 Å². The predicted molar refractivity (Wildman–Crippen MR) is 74.8 cm³/mol. The number of aliphatic hydroxyl groups excluding tert-OH is 1. The van der Waals surface area contributed by atoms with Crippen LogP contribution >= 0.6 is 11.3 Å². The van der Waals surface area contributed by atoms with E-state index < -0.39 is 0 Å². The molecular weight excluding hydrogens is 262 g/mol. The smallest absolute Gasteiger partial charge is 0.161 e. The molecule has 0 atom stereocenters. The van der Waals surface area contributed by atoms with Crippen molar-refractivity contribution in [3.8, 4) is 11.5 Å². The molecule has 1 aromatic heterocycles. The van der Waals surface area contributed by atoms with Crippen LogP contribution in [0.4, 0.5) is 0 Å². The summed E-state index contributed by atoms with van der Waals surface area (Å²) in [6, 6.07) is 5.39. The topological polar surface area (TPSA) is 51.6 Å².